The number of fused-ring (bicyclic) bond motifs is 1. The lowest BCUT2D eigenvalue weighted by molar-refractivity contribution is 0.0730. The third kappa shape index (κ3) is 3.42. The van der Waals surface area contributed by atoms with Gasteiger partial charge in [-0.3, -0.25) is 14.9 Å². The molecule has 0 bridgehead atoms. The lowest BCUT2D eigenvalue weighted by Gasteiger charge is -2.26. The van der Waals surface area contributed by atoms with Gasteiger partial charge in [0.1, 0.15) is 17.1 Å². The van der Waals surface area contributed by atoms with Gasteiger partial charge in [0.2, 0.25) is 0 Å². The summed E-state index contributed by atoms with van der Waals surface area (Å²) in [4.78, 5) is 19.4. The Morgan fingerprint density at radius 1 is 1.16 bits per heavy atom. The van der Waals surface area contributed by atoms with E-state index in [2.05, 4.69) is 15.2 Å². The van der Waals surface area contributed by atoms with E-state index in [4.69, 9.17) is 23.2 Å². The summed E-state index contributed by atoms with van der Waals surface area (Å²) >= 11 is 12.5. The molecule has 8 heteroatoms. The monoisotopic (exact) mass is 464 g/mol. The largest absolute Gasteiger partial charge is 0.507 e. The molecule has 3 heterocycles. The molecule has 5 rings (SSSR count). The van der Waals surface area contributed by atoms with Crippen molar-refractivity contribution >= 4 is 29.1 Å². The molecule has 2 aromatic heterocycles. The van der Waals surface area contributed by atoms with Gasteiger partial charge in [0, 0.05) is 40.1 Å². The van der Waals surface area contributed by atoms with Crippen LogP contribution in [0, 0.1) is 6.92 Å². The van der Waals surface area contributed by atoms with Crippen LogP contribution in [0.15, 0.2) is 60.9 Å². The number of nitrogens with zero attached hydrogens (tertiary/aromatic N) is 3. The standard InChI is InChI=1S/C24H18Cl2N4O2/c1-13-9-19(31)17(10-18(13)26)21-20-22(29-28-21)24(32)30(12-14-3-2-8-27-11-14)23(20)15-4-6-16(25)7-5-15/h2-11,23,31H,12H2,1H3,(H,28,29)/t23-/m1/s1. The zero-order chi connectivity index (χ0) is 22.4. The lowest BCUT2D eigenvalue weighted by atomic mass is 9.95. The van der Waals surface area contributed by atoms with Crippen molar-refractivity contribution in [3.63, 3.8) is 0 Å². The van der Waals surface area contributed by atoms with Crippen molar-refractivity contribution in [3.8, 4) is 17.0 Å². The average molecular weight is 465 g/mol. The molecule has 0 fully saturated rings. The average Bonchev–Trinajstić information content (AvgIpc) is 3.32. The van der Waals surface area contributed by atoms with Gasteiger partial charge in [-0.1, -0.05) is 41.4 Å². The Morgan fingerprint density at radius 2 is 1.94 bits per heavy atom. The van der Waals surface area contributed by atoms with Crippen LogP contribution in [0.1, 0.15) is 38.8 Å². The Bertz CT molecular complexity index is 1320. The van der Waals surface area contributed by atoms with Crippen LogP contribution in [-0.4, -0.2) is 31.1 Å². The fourth-order valence-corrected chi connectivity index (χ4v) is 4.39. The molecule has 0 aliphatic carbocycles. The van der Waals surface area contributed by atoms with Gasteiger partial charge in [-0.15, -0.1) is 0 Å². The minimum absolute atomic E-state index is 0.0502. The number of rotatable bonds is 4. The van der Waals surface area contributed by atoms with E-state index in [0.717, 1.165) is 16.7 Å². The number of amides is 1. The van der Waals surface area contributed by atoms with Gasteiger partial charge in [0.15, 0.2) is 0 Å². The van der Waals surface area contributed by atoms with E-state index in [9.17, 15) is 9.90 Å². The van der Waals surface area contributed by atoms with E-state index in [0.29, 0.717) is 39.1 Å². The van der Waals surface area contributed by atoms with Crippen LogP contribution in [0.2, 0.25) is 10.0 Å². The number of benzene rings is 2. The van der Waals surface area contributed by atoms with Crippen LogP contribution in [-0.2, 0) is 6.54 Å². The number of phenols is 1. The van der Waals surface area contributed by atoms with E-state index in [1.54, 1.807) is 41.6 Å². The summed E-state index contributed by atoms with van der Waals surface area (Å²) in [5.74, 6) is -0.130. The molecule has 32 heavy (non-hydrogen) atoms. The SMILES string of the molecule is Cc1cc(O)c(-c2n[nH]c3c2[C@@H](c2ccc(Cl)cc2)N(Cc2cccnc2)C3=O)cc1Cl. The highest BCUT2D eigenvalue weighted by Gasteiger charge is 2.42. The van der Waals surface area contributed by atoms with Crippen molar-refractivity contribution in [2.24, 2.45) is 0 Å². The summed E-state index contributed by atoms with van der Waals surface area (Å²) < 4.78 is 0. The van der Waals surface area contributed by atoms with Gasteiger partial charge in [-0.05, 0) is 53.9 Å². The normalized spacial score (nSPS) is 15.3. The smallest absolute Gasteiger partial charge is 0.273 e. The highest BCUT2D eigenvalue weighted by atomic mass is 35.5. The second kappa shape index (κ2) is 7.97. The predicted octanol–water partition coefficient (Wildman–Crippen LogP) is 5.54. The fourth-order valence-electron chi connectivity index (χ4n) is 4.10. The molecule has 0 radical (unpaired) electrons. The first-order valence-corrected chi connectivity index (χ1v) is 10.7. The van der Waals surface area contributed by atoms with Crippen LogP contribution >= 0.6 is 23.2 Å². The lowest BCUT2D eigenvalue weighted by Crippen LogP contribution is -2.29. The molecule has 0 spiro atoms. The molecule has 2 aromatic carbocycles. The molecule has 2 N–H and O–H groups in total. The highest BCUT2D eigenvalue weighted by Crippen LogP contribution is 2.46. The molecule has 160 valence electrons. The number of hydrogen-bond donors (Lipinski definition) is 2. The fraction of sp³-hybridized carbons (Fsp3) is 0.125. The number of H-pyrrole nitrogens is 1. The Hall–Kier alpha value is -3.35. The van der Waals surface area contributed by atoms with Crippen molar-refractivity contribution in [1.82, 2.24) is 20.1 Å². The maximum Gasteiger partial charge on any atom is 0.273 e. The molecule has 6 nitrogen and oxygen atoms in total. The first-order valence-electron chi connectivity index (χ1n) is 9.97. The minimum atomic E-state index is -0.428. The third-order valence-corrected chi connectivity index (χ3v) is 6.32. The predicted molar refractivity (Wildman–Crippen MR) is 123 cm³/mol. The van der Waals surface area contributed by atoms with Crippen LogP contribution in [0.5, 0.6) is 5.75 Å². The van der Waals surface area contributed by atoms with Crippen LogP contribution in [0.25, 0.3) is 11.3 Å². The number of carbonyl (C=O) groups excluding carboxylic acids is 1. The molecule has 0 saturated carbocycles. The first kappa shape index (κ1) is 20.5. The Kier molecular flexibility index (Phi) is 5.12. The maximum atomic E-state index is 13.4. The van der Waals surface area contributed by atoms with Crippen molar-refractivity contribution in [2.75, 3.05) is 0 Å². The number of halogens is 2. The summed E-state index contributed by atoms with van der Waals surface area (Å²) in [7, 11) is 0. The minimum Gasteiger partial charge on any atom is -0.507 e. The number of carbonyl (C=O) groups is 1. The van der Waals surface area contributed by atoms with E-state index in [1.807, 2.05) is 31.2 Å². The van der Waals surface area contributed by atoms with Gasteiger partial charge in [0.05, 0.1) is 6.04 Å². The number of aromatic nitrogens is 3. The summed E-state index contributed by atoms with van der Waals surface area (Å²) in [6, 6.07) is 14.0. The van der Waals surface area contributed by atoms with Gasteiger partial charge < -0.3 is 10.0 Å². The first-order chi connectivity index (χ1) is 15.4. The Labute approximate surface area is 194 Å². The molecule has 1 atom stereocenters. The number of aromatic amines is 1. The van der Waals surface area contributed by atoms with Crippen LogP contribution in [0.3, 0.4) is 0 Å². The van der Waals surface area contributed by atoms with E-state index < -0.39 is 6.04 Å². The number of hydrogen-bond acceptors (Lipinski definition) is 4. The topological polar surface area (TPSA) is 82.1 Å². The number of phenolic OH excluding ortho intramolecular Hbond substituents is 1. The zero-order valence-corrected chi connectivity index (χ0v) is 18.5. The Balaban J connectivity index is 1.68. The molecule has 1 aliphatic rings. The molecule has 0 unspecified atom stereocenters. The summed E-state index contributed by atoms with van der Waals surface area (Å²) in [5.41, 5.74) is 4.57. The summed E-state index contributed by atoms with van der Waals surface area (Å²) in [6.45, 7) is 2.18. The number of aromatic hydroxyl groups is 1. The third-order valence-electron chi connectivity index (χ3n) is 5.66. The van der Waals surface area contributed by atoms with Gasteiger partial charge in [0.25, 0.3) is 5.91 Å². The highest BCUT2D eigenvalue weighted by molar-refractivity contribution is 6.31. The van der Waals surface area contributed by atoms with Crippen LogP contribution < -0.4 is 0 Å². The summed E-state index contributed by atoms with van der Waals surface area (Å²) in [5, 5.41) is 19.0. The Morgan fingerprint density at radius 3 is 2.66 bits per heavy atom. The molecule has 1 amide bonds. The molecular weight excluding hydrogens is 447 g/mol. The maximum absolute atomic E-state index is 13.4. The van der Waals surface area contributed by atoms with E-state index >= 15 is 0 Å². The van der Waals surface area contributed by atoms with E-state index in [-0.39, 0.29) is 11.7 Å². The van der Waals surface area contributed by atoms with Crippen molar-refractivity contribution < 1.29 is 9.90 Å². The number of pyridine rings is 1. The van der Waals surface area contributed by atoms with Crippen LogP contribution in [0.4, 0.5) is 0 Å². The molecule has 4 aromatic rings. The summed E-state index contributed by atoms with van der Waals surface area (Å²) in [6.07, 6.45) is 3.43. The van der Waals surface area contributed by atoms with Gasteiger partial charge >= 0.3 is 0 Å². The number of nitrogens with one attached hydrogen (secondary N) is 1. The molecule has 1 aliphatic heterocycles. The quantitative estimate of drug-likeness (QED) is 0.415. The van der Waals surface area contributed by atoms with Crippen molar-refractivity contribution in [2.45, 2.75) is 19.5 Å². The van der Waals surface area contributed by atoms with E-state index in [1.165, 1.54) is 0 Å². The van der Waals surface area contributed by atoms with Crippen molar-refractivity contribution in [1.29, 1.82) is 0 Å². The van der Waals surface area contributed by atoms with Gasteiger partial charge in [-0.25, -0.2) is 0 Å². The number of aryl methyl sites for hydroxylation is 1. The second-order valence-corrected chi connectivity index (χ2v) is 8.57. The second-order valence-electron chi connectivity index (χ2n) is 7.73. The van der Waals surface area contributed by atoms with Crippen molar-refractivity contribution in [3.05, 3.63) is 98.9 Å². The molecule has 0 saturated heterocycles. The molecular formula is C24H18Cl2N4O2. The van der Waals surface area contributed by atoms with Gasteiger partial charge in [-0.2, -0.15) is 5.10 Å². The zero-order valence-electron chi connectivity index (χ0n) is 17.0.